The molecule has 0 aliphatic heterocycles. The van der Waals surface area contributed by atoms with Gasteiger partial charge >= 0.3 is 0 Å². The van der Waals surface area contributed by atoms with Crippen LogP contribution in [0.1, 0.15) is 26.4 Å². The van der Waals surface area contributed by atoms with E-state index in [0.717, 1.165) is 0 Å². The van der Waals surface area contributed by atoms with Gasteiger partial charge in [-0.05, 0) is 37.3 Å². The maximum Gasteiger partial charge on any atom is 0.283 e. The second kappa shape index (κ2) is 9.38. The number of carbonyl (C=O) groups is 2. The fourth-order valence-corrected chi connectivity index (χ4v) is 2.57. The zero-order chi connectivity index (χ0) is 21.6. The standard InChI is InChI=1S/C12H12ClN5O.C7H8N2O/c1-7-8(11(19)17-12(14)15)6-16-18(7)10-5-3-2-4-9(10)13;8-6-3-1-2-5(4-6)7(9)10/h2-6H,1H3,(H4,14,15,17,19);1-4H,8H2,(H2,9,10). The first-order chi connectivity index (χ1) is 13.7. The Bertz CT molecular complexity index is 1070. The number of nitrogens with two attached hydrogens (primary N) is 4. The zero-order valence-electron chi connectivity index (χ0n) is 15.5. The van der Waals surface area contributed by atoms with Crippen LogP contribution in [0.3, 0.4) is 0 Å². The number of benzene rings is 2. The Labute approximate surface area is 171 Å². The van der Waals surface area contributed by atoms with Gasteiger partial charge in [-0.25, -0.2) is 4.68 Å². The van der Waals surface area contributed by atoms with Crippen LogP contribution < -0.4 is 22.9 Å². The Balaban J connectivity index is 0.000000253. The van der Waals surface area contributed by atoms with Gasteiger partial charge < -0.3 is 22.9 Å². The SMILES string of the molecule is Cc1c(C(=O)N=C(N)N)cnn1-c1ccccc1Cl.NC(=O)c1cccc(N)c1. The molecule has 3 rings (SSSR count). The highest BCUT2D eigenvalue weighted by Crippen LogP contribution is 2.22. The van der Waals surface area contributed by atoms with Crippen LogP contribution in [0.2, 0.25) is 5.02 Å². The number of aromatic nitrogens is 2. The molecule has 0 saturated carbocycles. The molecule has 0 fully saturated rings. The molecule has 8 N–H and O–H groups in total. The summed E-state index contributed by atoms with van der Waals surface area (Å²) in [5, 5.41) is 4.67. The highest BCUT2D eigenvalue weighted by molar-refractivity contribution is 6.32. The van der Waals surface area contributed by atoms with Crippen molar-refractivity contribution < 1.29 is 9.59 Å². The molecule has 0 unspecified atom stereocenters. The lowest BCUT2D eigenvalue weighted by atomic mass is 10.2. The predicted molar refractivity (Wildman–Crippen MR) is 113 cm³/mol. The van der Waals surface area contributed by atoms with Gasteiger partial charge in [-0.15, -0.1) is 0 Å². The molecule has 150 valence electrons. The second-order valence-electron chi connectivity index (χ2n) is 5.84. The van der Waals surface area contributed by atoms with Crippen LogP contribution in [-0.2, 0) is 0 Å². The van der Waals surface area contributed by atoms with Gasteiger partial charge in [0.1, 0.15) is 0 Å². The molecule has 2 aromatic carbocycles. The summed E-state index contributed by atoms with van der Waals surface area (Å²) in [5.74, 6) is -1.27. The van der Waals surface area contributed by atoms with Crippen LogP contribution in [0.25, 0.3) is 5.69 Å². The largest absolute Gasteiger partial charge is 0.399 e. The van der Waals surface area contributed by atoms with E-state index >= 15 is 0 Å². The molecular weight excluding hydrogens is 394 g/mol. The molecule has 0 atom stereocenters. The van der Waals surface area contributed by atoms with Crippen molar-refractivity contribution in [3.8, 4) is 5.69 Å². The van der Waals surface area contributed by atoms with E-state index in [1.165, 1.54) is 6.20 Å². The summed E-state index contributed by atoms with van der Waals surface area (Å²) in [6.07, 6.45) is 1.41. The van der Waals surface area contributed by atoms with Crippen molar-refractivity contribution in [3.05, 3.63) is 76.6 Å². The van der Waals surface area contributed by atoms with Crippen LogP contribution in [-0.4, -0.2) is 27.6 Å². The Morgan fingerprint density at radius 2 is 1.76 bits per heavy atom. The topological polar surface area (TPSA) is 168 Å². The molecule has 0 bridgehead atoms. The number of halogens is 1. The fourth-order valence-electron chi connectivity index (χ4n) is 2.36. The third-order valence-corrected chi connectivity index (χ3v) is 4.04. The summed E-state index contributed by atoms with van der Waals surface area (Å²) >= 11 is 6.09. The van der Waals surface area contributed by atoms with Crippen molar-refractivity contribution in [1.82, 2.24) is 9.78 Å². The smallest absolute Gasteiger partial charge is 0.283 e. The number of aliphatic imine (C=N–C) groups is 1. The predicted octanol–water partition coefficient (Wildman–Crippen LogP) is 1.62. The lowest BCUT2D eigenvalue weighted by molar-refractivity contribution is 0.0992. The highest BCUT2D eigenvalue weighted by atomic mass is 35.5. The summed E-state index contributed by atoms with van der Waals surface area (Å²) in [5.41, 5.74) is 23.4. The molecule has 10 heteroatoms. The number of nitrogen functional groups attached to an aromatic ring is 1. The van der Waals surface area contributed by atoms with E-state index in [0.29, 0.717) is 33.2 Å². The molecule has 9 nitrogen and oxygen atoms in total. The monoisotopic (exact) mass is 413 g/mol. The Morgan fingerprint density at radius 3 is 2.31 bits per heavy atom. The average Bonchev–Trinajstić information content (AvgIpc) is 3.03. The Morgan fingerprint density at radius 1 is 1.07 bits per heavy atom. The highest BCUT2D eigenvalue weighted by Gasteiger charge is 2.15. The number of primary amides is 1. The van der Waals surface area contributed by atoms with Gasteiger partial charge in [0.15, 0.2) is 5.96 Å². The third kappa shape index (κ3) is 5.56. The summed E-state index contributed by atoms with van der Waals surface area (Å²) in [6.45, 7) is 1.74. The number of nitrogens with zero attached hydrogens (tertiary/aromatic N) is 3. The number of para-hydroxylation sites is 1. The number of carbonyl (C=O) groups excluding carboxylic acids is 2. The maximum absolute atomic E-state index is 11.8. The van der Waals surface area contributed by atoms with E-state index < -0.39 is 11.8 Å². The van der Waals surface area contributed by atoms with Gasteiger partial charge in [0.2, 0.25) is 5.91 Å². The van der Waals surface area contributed by atoms with E-state index in [1.54, 1.807) is 48.0 Å². The van der Waals surface area contributed by atoms with Gasteiger partial charge in [-0.3, -0.25) is 9.59 Å². The Hall–Kier alpha value is -3.85. The van der Waals surface area contributed by atoms with Gasteiger partial charge in [-0.1, -0.05) is 29.8 Å². The number of hydrogen-bond acceptors (Lipinski definition) is 4. The van der Waals surface area contributed by atoms with Crippen LogP contribution in [0.4, 0.5) is 5.69 Å². The number of hydrogen-bond donors (Lipinski definition) is 4. The lowest BCUT2D eigenvalue weighted by Gasteiger charge is -2.06. The fraction of sp³-hybridized carbons (Fsp3) is 0.0526. The van der Waals surface area contributed by atoms with Crippen molar-refractivity contribution in [3.63, 3.8) is 0 Å². The van der Waals surface area contributed by atoms with Crippen molar-refractivity contribution in [1.29, 1.82) is 0 Å². The van der Waals surface area contributed by atoms with Crippen LogP contribution in [0, 0.1) is 6.92 Å². The van der Waals surface area contributed by atoms with Gasteiger partial charge in [-0.2, -0.15) is 10.1 Å². The number of guanidine groups is 1. The van der Waals surface area contributed by atoms with Crippen molar-refractivity contribution in [2.24, 2.45) is 22.2 Å². The molecule has 1 heterocycles. The molecule has 0 aliphatic carbocycles. The van der Waals surface area contributed by atoms with Gasteiger partial charge in [0.05, 0.1) is 28.2 Å². The third-order valence-electron chi connectivity index (χ3n) is 3.72. The number of rotatable bonds is 3. The molecule has 1 aromatic heterocycles. The van der Waals surface area contributed by atoms with E-state index in [-0.39, 0.29) is 5.96 Å². The van der Waals surface area contributed by atoms with Crippen LogP contribution in [0.15, 0.2) is 59.7 Å². The molecule has 0 saturated heterocycles. The molecular formula is C19H20ClN7O2. The maximum atomic E-state index is 11.8. The minimum Gasteiger partial charge on any atom is -0.399 e. The Kier molecular flexibility index (Phi) is 6.94. The minimum absolute atomic E-state index is 0.283. The molecule has 0 aliphatic rings. The average molecular weight is 414 g/mol. The van der Waals surface area contributed by atoms with Crippen molar-refractivity contribution in [2.45, 2.75) is 6.92 Å². The molecule has 3 aromatic rings. The number of anilines is 1. The first-order valence-corrected chi connectivity index (χ1v) is 8.67. The summed E-state index contributed by atoms with van der Waals surface area (Å²) < 4.78 is 1.57. The van der Waals surface area contributed by atoms with E-state index in [4.69, 9.17) is 34.5 Å². The zero-order valence-corrected chi connectivity index (χ0v) is 16.3. The normalized spacial score (nSPS) is 9.86. The van der Waals surface area contributed by atoms with E-state index in [9.17, 15) is 9.59 Å². The van der Waals surface area contributed by atoms with Gasteiger partial charge in [0, 0.05) is 11.3 Å². The van der Waals surface area contributed by atoms with Crippen LogP contribution >= 0.6 is 11.6 Å². The van der Waals surface area contributed by atoms with Crippen molar-refractivity contribution >= 4 is 35.1 Å². The molecule has 2 amide bonds. The minimum atomic E-state index is -0.532. The number of amides is 2. The van der Waals surface area contributed by atoms with Crippen LogP contribution in [0.5, 0.6) is 0 Å². The van der Waals surface area contributed by atoms with Gasteiger partial charge in [0.25, 0.3) is 5.91 Å². The quantitative estimate of drug-likeness (QED) is 0.289. The first kappa shape index (κ1) is 21.5. The summed E-state index contributed by atoms with van der Waals surface area (Å²) in [6, 6.07) is 13.8. The molecule has 0 spiro atoms. The molecule has 0 radical (unpaired) electrons. The summed E-state index contributed by atoms with van der Waals surface area (Å²) in [7, 11) is 0. The van der Waals surface area contributed by atoms with Crippen molar-refractivity contribution in [2.75, 3.05) is 5.73 Å². The molecule has 29 heavy (non-hydrogen) atoms. The summed E-state index contributed by atoms with van der Waals surface area (Å²) in [4.78, 5) is 25.8. The first-order valence-electron chi connectivity index (χ1n) is 8.29. The van der Waals surface area contributed by atoms with E-state index in [2.05, 4.69) is 10.1 Å². The second-order valence-corrected chi connectivity index (χ2v) is 6.25. The lowest BCUT2D eigenvalue weighted by Crippen LogP contribution is -2.24. The van der Waals surface area contributed by atoms with E-state index in [1.807, 2.05) is 12.1 Å².